The van der Waals surface area contributed by atoms with Crippen LogP contribution in [0.5, 0.6) is 17.2 Å². The molecule has 0 radical (unpaired) electrons. The molecule has 6 rings (SSSR count). The highest BCUT2D eigenvalue weighted by Gasteiger charge is 2.51. The number of ether oxygens (including phenoxy) is 8. The van der Waals surface area contributed by atoms with Crippen molar-refractivity contribution in [2.24, 2.45) is 0 Å². The van der Waals surface area contributed by atoms with Gasteiger partial charge in [0.05, 0.1) is 13.2 Å². The van der Waals surface area contributed by atoms with Crippen molar-refractivity contribution in [2.75, 3.05) is 19.8 Å². The van der Waals surface area contributed by atoms with Gasteiger partial charge in [-0.05, 0) is 18.2 Å². The van der Waals surface area contributed by atoms with E-state index < -0.39 is 147 Å². The lowest BCUT2D eigenvalue weighted by Gasteiger charge is -2.45. The lowest BCUT2D eigenvalue weighted by molar-refractivity contribution is -0.351. The van der Waals surface area contributed by atoms with Gasteiger partial charge in [-0.3, -0.25) is 4.79 Å². The molecule has 0 aromatic heterocycles. The van der Waals surface area contributed by atoms with E-state index >= 15 is 0 Å². The number of phenolic OH excluding ortho intramolecular Hbond substituents is 3. The van der Waals surface area contributed by atoms with Crippen LogP contribution in [0.2, 0.25) is 0 Å². The van der Waals surface area contributed by atoms with E-state index in [1.54, 1.807) is 0 Å². The van der Waals surface area contributed by atoms with Crippen LogP contribution in [0.1, 0.15) is 12.5 Å². The third-order valence-corrected chi connectivity index (χ3v) is 9.45. The third kappa shape index (κ3) is 8.24. The molecule has 1 aliphatic carbocycles. The number of aliphatic hydroxyl groups is 10. The molecule has 3 fully saturated rings. The van der Waals surface area contributed by atoms with Gasteiger partial charge in [-0.15, -0.1) is 0 Å². The van der Waals surface area contributed by atoms with Gasteiger partial charge in [0.1, 0.15) is 85.3 Å². The standard InChI is InChI=1S/C34H42O22/c1-10(36)49-9-21-25(44)26(45)29(48)33(55-21)52-18-5-12(37)4-17-13(18)6-19(30(51-17)11-2-14(38)22(41)15(39)3-11)53-34-31(27(46)24(43)20(7-35)54-34)56-32-28(47)23(42)16(40)8-50-32/h2-6,16-17,20-21,23-29,31-35,37-48H,7-9H2,1H3. The van der Waals surface area contributed by atoms with Gasteiger partial charge < -0.3 is 104 Å². The summed E-state index contributed by atoms with van der Waals surface area (Å²) < 4.78 is 45.4. The monoisotopic (exact) mass is 802 g/mol. The average molecular weight is 803 g/mol. The Morgan fingerprint density at radius 3 is 2.07 bits per heavy atom. The Morgan fingerprint density at radius 1 is 0.768 bits per heavy atom. The molecule has 56 heavy (non-hydrogen) atoms. The zero-order chi connectivity index (χ0) is 40.7. The van der Waals surface area contributed by atoms with E-state index in [4.69, 9.17) is 37.9 Å². The fraction of sp³-hybridized carbons (Fsp3) is 0.559. The zero-order valence-electron chi connectivity index (χ0n) is 29.2. The van der Waals surface area contributed by atoms with Crippen LogP contribution in [0, 0.1) is 0 Å². The van der Waals surface area contributed by atoms with E-state index in [1.165, 1.54) is 12.2 Å². The van der Waals surface area contributed by atoms with Crippen molar-refractivity contribution in [3.05, 3.63) is 58.8 Å². The summed E-state index contributed by atoms with van der Waals surface area (Å²) in [7, 11) is 0. The summed E-state index contributed by atoms with van der Waals surface area (Å²) in [6.45, 7) is -0.828. The van der Waals surface area contributed by atoms with E-state index in [1.807, 2.05) is 0 Å². The molecule has 15 atom stereocenters. The fourth-order valence-corrected chi connectivity index (χ4v) is 6.38. The van der Waals surface area contributed by atoms with Crippen LogP contribution in [-0.2, 0) is 42.7 Å². The van der Waals surface area contributed by atoms with E-state index in [0.29, 0.717) is 0 Å². The molecule has 22 nitrogen and oxygen atoms in total. The number of carbonyl (C=O) groups excluding carboxylic acids is 1. The Labute approximate surface area is 315 Å². The highest BCUT2D eigenvalue weighted by atomic mass is 16.8. The molecule has 0 bridgehead atoms. The largest absolute Gasteiger partial charge is 0.508 e. The predicted octanol–water partition coefficient (Wildman–Crippen LogP) is -4.20. The lowest BCUT2D eigenvalue weighted by atomic mass is 9.96. The lowest BCUT2D eigenvalue weighted by Crippen LogP contribution is -2.63. The van der Waals surface area contributed by atoms with Gasteiger partial charge >= 0.3 is 5.97 Å². The van der Waals surface area contributed by atoms with Gasteiger partial charge in [-0.1, -0.05) is 0 Å². The maximum Gasteiger partial charge on any atom is 0.302 e. The summed E-state index contributed by atoms with van der Waals surface area (Å²) in [5, 5.41) is 136. The highest BCUT2D eigenvalue weighted by Crippen LogP contribution is 2.44. The zero-order valence-corrected chi connectivity index (χ0v) is 29.2. The molecular weight excluding hydrogens is 760 g/mol. The minimum atomic E-state index is -1.94. The molecule has 310 valence electrons. The molecule has 5 aliphatic rings. The minimum absolute atomic E-state index is 0.0163. The van der Waals surface area contributed by atoms with Crippen LogP contribution in [0.15, 0.2) is 53.2 Å². The van der Waals surface area contributed by atoms with Crippen LogP contribution >= 0.6 is 0 Å². The Morgan fingerprint density at radius 2 is 1.41 bits per heavy atom. The van der Waals surface area contributed by atoms with Crippen molar-refractivity contribution in [2.45, 2.75) is 99.0 Å². The Bertz CT molecular complexity index is 1720. The van der Waals surface area contributed by atoms with Crippen LogP contribution in [0.25, 0.3) is 5.76 Å². The minimum Gasteiger partial charge on any atom is -0.508 e. The first-order valence-electron chi connectivity index (χ1n) is 17.1. The van der Waals surface area contributed by atoms with Crippen molar-refractivity contribution < 1.29 is 109 Å². The number of esters is 1. The first-order chi connectivity index (χ1) is 26.5. The molecule has 1 aromatic rings. The third-order valence-electron chi connectivity index (χ3n) is 9.45. The Hall–Kier alpha value is -4.27. The van der Waals surface area contributed by atoms with E-state index in [2.05, 4.69) is 0 Å². The number of allylic oxidation sites excluding steroid dienone is 2. The Kier molecular flexibility index (Phi) is 12.3. The van der Waals surface area contributed by atoms with Gasteiger partial charge in [0.15, 0.2) is 41.2 Å². The summed E-state index contributed by atoms with van der Waals surface area (Å²) in [5.74, 6) is -4.77. The SMILES string of the molecule is CC(=O)OCC1OC(OC2=CC(O)=CC3OC(c4cc(O)c(O)c(O)c4)=C(OC4OC(CO)C(O)C(O)C4OC4OCC(O)C(O)C4O)C=C23)C(O)C(O)C1O. The summed E-state index contributed by atoms with van der Waals surface area (Å²) >= 11 is 0. The molecule has 13 N–H and O–H groups in total. The second-order valence-electron chi connectivity index (χ2n) is 13.4. The maximum atomic E-state index is 11.4. The number of fused-ring (bicyclic) bond motifs is 1. The van der Waals surface area contributed by atoms with Crippen molar-refractivity contribution in [1.29, 1.82) is 0 Å². The van der Waals surface area contributed by atoms with Gasteiger partial charge in [-0.25, -0.2) is 0 Å². The van der Waals surface area contributed by atoms with Crippen LogP contribution in [0.3, 0.4) is 0 Å². The summed E-state index contributed by atoms with van der Waals surface area (Å²) in [4.78, 5) is 11.4. The summed E-state index contributed by atoms with van der Waals surface area (Å²) in [5.41, 5.74) is -0.183. The van der Waals surface area contributed by atoms with Crippen molar-refractivity contribution in [3.8, 4) is 17.2 Å². The molecule has 0 amide bonds. The first-order valence-corrected chi connectivity index (χ1v) is 17.1. The number of aromatic hydroxyl groups is 3. The molecule has 0 spiro atoms. The second kappa shape index (κ2) is 16.7. The molecule has 15 unspecified atom stereocenters. The van der Waals surface area contributed by atoms with E-state index in [0.717, 1.165) is 25.1 Å². The molecule has 1 aromatic carbocycles. The number of phenols is 3. The molecule has 22 heteroatoms. The fourth-order valence-electron chi connectivity index (χ4n) is 6.38. The number of aliphatic hydroxyl groups excluding tert-OH is 10. The highest BCUT2D eigenvalue weighted by molar-refractivity contribution is 5.72. The van der Waals surface area contributed by atoms with Crippen molar-refractivity contribution in [1.82, 2.24) is 0 Å². The molecule has 4 heterocycles. The predicted molar refractivity (Wildman–Crippen MR) is 176 cm³/mol. The maximum absolute atomic E-state index is 11.4. The normalized spacial score (nSPS) is 38.7. The van der Waals surface area contributed by atoms with Crippen molar-refractivity contribution >= 4 is 11.7 Å². The average Bonchev–Trinajstić information content (AvgIpc) is 3.15. The first kappa shape index (κ1) is 41.4. The summed E-state index contributed by atoms with van der Waals surface area (Å²) in [6, 6.07) is 1.91. The van der Waals surface area contributed by atoms with Crippen LogP contribution in [0.4, 0.5) is 0 Å². The molecular formula is C34H42O22. The van der Waals surface area contributed by atoms with Gasteiger partial charge in [-0.2, -0.15) is 0 Å². The number of rotatable bonds is 10. The van der Waals surface area contributed by atoms with Gasteiger partial charge in [0.25, 0.3) is 0 Å². The second-order valence-corrected chi connectivity index (χ2v) is 13.4. The Balaban J connectivity index is 1.39. The molecule has 0 saturated carbocycles. The van der Waals surface area contributed by atoms with Crippen LogP contribution in [-0.4, -0.2) is 184 Å². The number of hydrogen-bond acceptors (Lipinski definition) is 22. The van der Waals surface area contributed by atoms with Crippen LogP contribution < -0.4 is 0 Å². The van der Waals surface area contributed by atoms with Gasteiger partial charge in [0, 0.05) is 30.2 Å². The van der Waals surface area contributed by atoms with E-state index in [-0.39, 0.29) is 22.7 Å². The number of benzene rings is 1. The van der Waals surface area contributed by atoms with E-state index in [9.17, 15) is 71.2 Å². The topological polar surface area (TPSA) is 354 Å². The summed E-state index contributed by atoms with van der Waals surface area (Å²) in [6.07, 6.45) is -22.4. The van der Waals surface area contributed by atoms with Gasteiger partial charge in [0.2, 0.25) is 12.6 Å². The quantitative estimate of drug-likeness (QED) is 0.0788. The number of carbonyl (C=O) groups is 1. The molecule has 4 aliphatic heterocycles. The smallest absolute Gasteiger partial charge is 0.302 e. The van der Waals surface area contributed by atoms with Crippen molar-refractivity contribution in [3.63, 3.8) is 0 Å². The molecule has 3 saturated heterocycles. The number of hydrogen-bond donors (Lipinski definition) is 13.